The smallest absolute Gasteiger partial charge is 0.310 e. The molecular formula is C36H52O10. The summed E-state index contributed by atoms with van der Waals surface area (Å²) in [5, 5.41) is 0. The third kappa shape index (κ3) is 6.02. The average Bonchev–Trinajstić information content (AvgIpc) is 3.81. The van der Waals surface area contributed by atoms with Crippen molar-refractivity contribution in [1.29, 1.82) is 0 Å². The predicted molar refractivity (Wildman–Crippen MR) is 165 cm³/mol. The van der Waals surface area contributed by atoms with Gasteiger partial charge in [-0.2, -0.15) is 0 Å². The largest absolute Gasteiger partial charge is 0.465 e. The van der Waals surface area contributed by atoms with Crippen LogP contribution in [0.1, 0.15) is 91.9 Å². The van der Waals surface area contributed by atoms with Crippen molar-refractivity contribution in [3.63, 3.8) is 0 Å². The molecule has 0 aromatic rings. The summed E-state index contributed by atoms with van der Waals surface area (Å²) in [5.74, 6) is -10.5. The fourth-order valence-corrected chi connectivity index (χ4v) is 9.76. The van der Waals surface area contributed by atoms with E-state index in [9.17, 15) is 28.8 Å². The lowest BCUT2D eigenvalue weighted by atomic mass is 9.53. The zero-order valence-corrected chi connectivity index (χ0v) is 27.9. The molecule has 5 rings (SSSR count). The monoisotopic (exact) mass is 644 g/mol. The Morgan fingerprint density at radius 1 is 0.457 bits per heavy atom. The molecule has 256 valence electrons. The van der Waals surface area contributed by atoms with Crippen molar-refractivity contribution in [2.45, 2.75) is 91.9 Å². The molecule has 0 aromatic heterocycles. The second-order valence-electron chi connectivity index (χ2n) is 14.2. The molecule has 0 radical (unpaired) electrons. The van der Waals surface area contributed by atoms with Crippen molar-refractivity contribution in [2.75, 3.05) is 26.4 Å². The molecule has 0 saturated heterocycles. The van der Waals surface area contributed by atoms with E-state index in [1.165, 1.54) is 0 Å². The molecule has 10 heteroatoms. The molecule has 0 amide bonds. The number of ketones is 2. The molecule has 5 aliphatic rings. The van der Waals surface area contributed by atoms with Gasteiger partial charge >= 0.3 is 23.9 Å². The van der Waals surface area contributed by atoms with Crippen LogP contribution in [0.5, 0.6) is 0 Å². The van der Waals surface area contributed by atoms with Gasteiger partial charge in [-0.3, -0.25) is 28.8 Å². The summed E-state index contributed by atoms with van der Waals surface area (Å²) in [6.45, 7) is 8.88. The Hall–Kier alpha value is -2.78. The van der Waals surface area contributed by atoms with Gasteiger partial charge in [-0.15, -0.1) is 0 Å². The molecule has 46 heavy (non-hydrogen) atoms. The van der Waals surface area contributed by atoms with E-state index in [1.54, 1.807) is 0 Å². The molecule has 0 N–H and O–H groups in total. The number of hydrogen-bond acceptors (Lipinski definition) is 10. The Kier molecular flexibility index (Phi) is 11.2. The molecule has 10 nitrogen and oxygen atoms in total. The molecule has 0 aromatic carbocycles. The Morgan fingerprint density at radius 3 is 0.870 bits per heavy atom. The number of esters is 4. The highest BCUT2D eigenvalue weighted by Crippen LogP contribution is 2.68. The first-order valence-corrected chi connectivity index (χ1v) is 18.0. The molecule has 0 spiro atoms. The molecule has 5 aliphatic carbocycles. The summed E-state index contributed by atoms with van der Waals surface area (Å²) >= 11 is 0. The first kappa shape index (κ1) is 34.6. The van der Waals surface area contributed by atoms with Crippen LogP contribution in [0.15, 0.2) is 0 Å². The van der Waals surface area contributed by atoms with Crippen molar-refractivity contribution in [3.8, 4) is 0 Å². The summed E-state index contributed by atoms with van der Waals surface area (Å²) in [6, 6.07) is 0. The van der Waals surface area contributed by atoms with E-state index in [2.05, 4.69) is 0 Å². The first-order valence-electron chi connectivity index (χ1n) is 18.0. The number of carbonyl (C=O) groups excluding carboxylic acids is 6. The zero-order valence-electron chi connectivity index (χ0n) is 27.9. The highest BCUT2D eigenvalue weighted by atomic mass is 16.5. The standard InChI is InChI=1S/C36H52O10/c1-5-9-13-43-33(39)27-19-17-20(28(27)34(40)44-14-10-6-2)24-23(19)31(37)25-21-18-22(26(25)32(24)38)30(36(42)46-16-12-8-4)29(21)35(41)45-15-11-7-3/h19-30H,5-18H2,1-4H3. The van der Waals surface area contributed by atoms with E-state index >= 15 is 0 Å². The fraction of sp³-hybridized carbons (Fsp3) is 0.833. The van der Waals surface area contributed by atoms with Crippen LogP contribution in [0, 0.1) is 71.0 Å². The van der Waals surface area contributed by atoms with Gasteiger partial charge in [0, 0.05) is 23.7 Å². The second-order valence-corrected chi connectivity index (χ2v) is 14.2. The predicted octanol–water partition coefficient (Wildman–Crippen LogP) is 4.74. The molecule has 5 saturated carbocycles. The first-order chi connectivity index (χ1) is 22.2. The van der Waals surface area contributed by atoms with Gasteiger partial charge in [-0.25, -0.2) is 0 Å². The number of hydrogen-bond donors (Lipinski definition) is 0. The van der Waals surface area contributed by atoms with E-state index in [0.29, 0.717) is 38.5 Å². The number of Topliss-reactive ketones (excluding diaryl/α,β-unsaturated/α-hetero) is 2. The summed E-state index contributed by atoms with van der Waals surface area (Å²) in [5.41, 5.74) is 0. The van der Waals surface area contributed by atoms with E-state index in [0.717, 1.165) is 25.7 Å². The van der Waals surface area contributed by atoms with Gasteiger partial charge in [-0.05, 0) is 62.2 Å². The lowest BCUT2D eigenvalue weighted by Gasteiger charge is -2.48. The number of unbranched alkanes of at least 4 members (excludes halogenated alkanes) is 4. The third-order valence-corrected chi connectivity index (χ3v) is 11.7. The van der Waals surface area contributed by atoms with Crippen molar-refractivity contribution < 1.29 is 47.7 Å². The third-order valence-electron chi connectivity index (χ3n) is 11.7. The van der Waals surface area contributed by atoms with Gasteiger partial charge < -0.3 is 18.9 Å². The van der Waals surface area contributed by atoms with Crippen molar-refractivity contribution in [1.82, 2.24) is 0 Å². The van der Waals surface area contributed by atoms with Crippen molar-refractivity contribution in [3.05, 3.63) is 0 Å². The summed E-state index contributed by atoms with van der Waals surface area (Å²) < 4.78 is 22.5. The van der Waals surface area contributed by atoms with Crippen LogP contribution in [-0.2, 0) is 47.7 Å². The van der Waals surface area contributed by atoms with Crippen LogP contribution in [0.3, 0.4) is 0 Å². The van der Waals surface area contributed by atoms with Crippen LogP contribution in [0.25, 0.3) is 0 Å². The lowest BCUT2D eigenvalue weighted by Crippen LogP contribution is -2.59. The van der Waals surface area contributed by atoms with Crippen LogP contribution in [0.2, 0.25) is 0 Å². The molecule has 12 unspecified atom stereocenters. The summed E-state index contributed by atoms with van der Waals surface area (Å²) in [7, 11) is 0. The van der Waals surface area contributed by atoms with Gasteiger partial charge in [0.15, 0.2) is 0 Å². The maximum absolute atomic E-state index is 14.6. The van der Waals surface area contributed by atoms with Crippen LogP contribution in [0.4, 0.5) is 0 Å². The minimum Gasteiger partial charge on any atom is -0.465 e. The maximum Gasteiger partial charge on any atom is 0.310 e. The summed E-state index contributed by atoms with van der Waals surface area (Å²) in [6.07, 6.45) is 6.89. The second kappa shape index (κ2) is 15.0. The van der Waals surface area contributed by atoms with Crippen molar-refractivity contribution >= 4 is 35.4 Å². The molecule has 0 heterocycles. The SMILES string of the molecule is CCCCOC(=O)C1C2CC(C1C(=O)OCCCC)C1C(=O)C3C4CC(C(C(=O)OCCCC)C4C(=O)OCCCC)C3C(=O)C21. The molecule has 0 aliphatic heterocycles. The number of fused-ring (bicyclic) bond motifs is 10. The topological polar surface area (TPSA) is 139 Å². The Labute approximate surface area is 272 Å². The van der Waals surface area contributed by atoms with E-state index < -0.39 is 94.9 Å². The van der Waals surface area contributed by atoms with Gasteiger partial charge in [0.1, 0.15) is 11.6 Å². The Bertz CT molecular complexity index is 1010. The maximum atomic E-state index is 14.6. The Balaban J connectivity index is 1.45. The van der Waals surface area contributed by atoms with E-state index in [4.69, 9.17) is 18.9 Å². The van der Waals surface area contributed by atoms with Crippen LogP contribution in [-0.4, -0.2) is 61.9 Å². The molecule has 5 fully saturated rings. The van der Waals surface area contributed by atoms with Gasteiger partial charge in [0.25, 0.3) is 0 Å². The van der Waals surface area contributed by atoms with Crippen molar-refractivity contribution in [2.24, 2.45) is 71.0 Å². The average molecular weight is 645 g/mol. The number of ether oxygens (including phenoxy) is 4. The zero-order chi connectivity index (χ0) is 33.1. The Morgan fingerprint density at radius 2 is 0.674 bits per heavy atom. The highest BCUT2D eigenvalue weighted by molar-refractivity contribution is 6.04. The molecular weight excluding hydrogens is 592 g/mol. The lowest BCUT2D eigenvalue weighted by molar-refractivity contribution is -0.177. The van der Waals surface area contributed by atoms with Gasteiger partial charge in [0.05, 0.1) is 50.1 Å². The molecule has 12 atom stereocenters. The minimum absolute atomic E-state index is 0.108. The van der Waals surface area contributed by atoms with Crippen LogP contribution >= 0.6 is 0 Å². The number of carbonyl (C=O) groups is 6. The summed E-state index contributed by atoms with van der Waals surface area (Å²) in [4.78, 5) is 83.2. The fourth-order valence-electron chi connectivity index (χ4n) is 9.76. The quantitative estimate of drug-likeness (QED) is 0.132. The highest BCUT2D eigenvalue weighted by Gasteiger charge is 2.75. The van der Waals surface area contributed by atoms with Gasteiger partial charge in [0.2, 0.25) is 0 Å². The molecule has 4 bridgehead atoms. The van der Waals surface area contributed by atoms with E-state index in [-0.39, 0.29) is 38.0 Å². The van der Waals surface area contributed by atoms with E-state index in [1.807, 2.05) is 27.7 Å². The van der Waals surface area contributed by atoms with Gasteiger partial charge in [-0.1, -0.05) is 53.4 Å². The number of rotatable bonds is 16. The minimum atomic E-state index is -0.847. The van der Waals surface area contributed by atoms with Crippen LogP contribution < -0.4 is 0 Å². The normalized spacial score (nSPS) is 36.7.